The minimum atomic E-state index is 0.166. The number of alkyl halides is 8. The molecule has 0 heterocycles. The van der Waals surface area contributed by atoms with E-state index in [1.807, 2.05) is 0 Å². The maximum Gasteiger partial charge on any atom is 0.0326 e. The van der Waals surface area contributed by atoms with Gasteiger partial charge in [0.15, 0.2) is 0 Å². The Bertz CT molecular complexity index is 404. The van der Waals surface area contributed by atoms with E-state index in [0.29, 0.717) is 9.65 Å². The normalized spacial score (nSPS) is 15.7. The molecule has 0 aromatic heterocycles. The summed E-state index contributed by atoms with van der Waals surface area (Å²) in [5.74, 6) is 0. The second-order valence-electron chi connectivity index (χ2n) is 7.44. The van der Waals surface area contributed by atoms with E-state index >= 15 is 0 Å². The van der Waals surface area contributed by atoms with E-state index in [0.717, 1.165) is 47.0 Å². The van der Waals surface area contributed by atoms with Crippen LogP contribution in [0.1, 0.15) is 53.4 Å². The van der Waals surface area contributed by atoms with Gasteiger partial charge in [-0.2, -0.15) is 0 Å². The van der Waals surface area contributed by atoms with Gasteiger partial charge in [-0.05, 0) is 53.4 Å². The molecule has 28 heavy (non-hydrogen) atoms. The van der Waals surface area contributed by atoms with Crippen molar-refractivity contribution >= 4 is 127 Å². The summed E-state index contributed by atoms with van der Waals surface area (Å²) in [5, 5.41) is 3.83. The Morgan fingerprint density at radius 2 is 0.964 bits per heavy atom. The Balaban J connectivity index is 0. The molecule has 0 rings (SSSR count). The lowest BCUT2D eigenvalue weighted by Gasteiger charge is -2.23. The molecule has 0 saturated carbocycles. The summed E-state index contributed by atoms with van der Waals surface area (Å²) in [5.41, 5.74) is 2.92. The molecule has 0 aromatic rings. The highest BCUT2D eigenvalue weighted by molar-refractivity contribution is 9.13. The summed E-state index contributed by atoms with van der Waals surface area (Å²) >= 11 is 28.6. The number of hydrogen-bond acceptors (Lipinski definition) is 0. The lowest BCUT2D eigenvalue weighted by molar-refractivity contribution is 0.637. The number of hydrogen-bond donors (Lipinski definition) is 0. The van der Waals surface area contributed by atoms with Gasteiger partial charge < -0.3 is 0 Å². The third-order valence-electron chi connectivity index (χ3n) is 4.00. The van der Waals surface area contributed by atoms with Crippen LogP contribution >= 0.6 is 127 Å². The van der Waals surface area contributed by atoms with Crippen molar-refractivity contribution in [3.63, 3.8) is 0 Å². The Morgan fingerprint density at radius 3 is 1.14 bits per heavy atom. The SMILES string of the molecule is CC(C)(Br)C(Br)CC/C(=C/CBr)CBr.CC(C)(Br)C(Br)CC/C(=C/CBr)CBr. The first-order valence-electron chi connectivity index (χ1n) is 9.09. The van der Waals surface area contributed by atoms with Crippen LogP contribution < -0.4 is 0 Å². The van der Waals surface area contributed by atoms with Crippen LogP contribution in [-0.2, 0) is 0 Å². The minimum Gasteiger partial charge on any atom is -0.0883 e. The van der Waals surface area contributed by atoms with E-state index in [9.17, 15) is 0 Å². The summed E-state index contributed by atoms with van der Waals surface area (Å²) in [6.07, 6.45) is 9.06. The average molecular weight is 912 g/mol. The molecule has 0 N–H and O–H groups in total. The van der Waals surface area contributed by atoms with Crippen molar-refractivity contribution in [2.45, 2.75) is 71.7 Å². The van der Waals surface area contributed by atoms with Crippen molar-refractivity contribution in [1.82, 2.24) is 0 Å². The molecule has 0 saturated heterocycles. The van der Waals surface area contributed by atoms with Gasteiger partial charge in [0, 0.05) is 39.6 Å². The smallest absolute Gasteiger partial charge is 0.0326 e. The fourth-order valence-electron chi connectivity index (χ4n) is 1.98. The lowest BCUT2D eigenvalue weighted by atomic mass is 10.0. The van der Waals surface area contributed by atoms with Crippen LogP contribution in [0.15, 0.2) is 23.3 Å². The fraction of sp³-hybridized carbons (Fsp3) is 0.800. The van der Waals surface area contributed by atoms with Gasteiger partial charge in [-0.1, -0.05) is 151 Å². The summed E-state index contributed by atoms with van der Waals surface area (Å²) in [7, 11) is 0. The highest BCUT2D eigenvalue weighted by Gasteiger charge is 2.24. The van der Waals surface area contributed by atoms with Crippen molar-refractivity contribution in [3.8, 4) is 0 Å². The van der Waals surface area contributed by atoms with Crippen molar-refractivity contribution < 1.29 is 0 Å². The third-order valence-corrected chi connectivity index (χ3v) is 11.6. The largest absolute Gasteiger partial charge is 0.0883 e. The zero-order chi connectivity index (χ0) is 22.4. The van der Waals surface area contributed by atoms with Crippen molar-refractivity contribution in [3.05, 3.63) is 23.3 Å². The number of allylic oxidation sites excluding steroid dienone is 4. The molecule has 0 aromatic carbocycles. The van der Waals surface area contributed by atoms with Gasteiger partial charge in [0.1, 0.15) is 0 Å². The first kappa shape index (κ1) is 33.5. The van der Waals surface area contributed by atoms with Crippen molar-refractivity contribution in [2.24, 2.45) is 0 Å². The predicted molar refractivity (Wildman–Crippen MR) is 161 cm³/mol. The first-order valence-corrected chi connectivity index (χ1v) is 17.0. The Morgan fingerprint density at radius 1 is 0.679 bits per heavy atom. The molecule has 0 radical (unpaired) electrons. The number of rotatable bonds is 12. The van der Waals surface area contributed by atoms with Gasteiger partial charge in [-0.15, -0.1) is 0 Å². The molecular weight excluding hydrogens is 879 g/mol. The van der Waals surface area contributed by atoms with Gasteiger partial charge in [0.05, 0.1) is 0 Å². The predicted octanol–water partition coefficient (Wildman–Crippen LogP) is 10.8. The lowest BCUT2D eigenvalue weighted by Crippen LogP contribution is -2.24. The van der Waals surface area contributed by atoms with Crippen LogP contribution in [0.25, 0.3) is 0 Å². The molecule has 0 nitrogen and oxygen atoms in total. The maximum absolute atomic E-state index is 3.71. The molecule has 2 atom stereocenters. The molecule has 0 fully saturated rings. The molecule has 0 amide bonds. The molecule has 0 bridgehead atoms. The van der Waals surface area contributed by atoms with Crippen molar-refractivity contribution in [2.75, 3.05) is 21.3 Å². The highest BCUT2D eigenvalue weighted by atomic mass is 79.9. The second kappa shape index (κ2) is 18.7. The van der Waals surface area contributed by atoms with E-state index < -0.39 is 0 Å². The Hall–Kier alpha value is 3.32. The molecule has 0 aliphatic heterocycles. The van der Waals surface area contributed by atoms with Crippen LogP contribution in [-0.4, -0.2) is 39.6 Å². The zero-order valence-corrected chi connectivity index (χ0v) is 29.7. The van der Waals surface area contributed by atoms with Crippen molar-refractivity contribution in [1.29, 1.82) is 0 Å². The van der Waals surface area contributed by atoms with Gasteiger partial charge >= 0.3 is 0 Å². The van der Waals surface area contributed by atoms with Gasteiger partial charge in [0.25, 0.3) is 0 Å². The monoisotopic (exact) mass is 904 g/mol. The molecule has 0 aliphatic rings. The summed E-state index contributed by atoms with van der Waals surface area (Å²) in [6, 6.07) is 0. The average Bonchev–Trinajstić information content (AvgIpc) is 2.60. The van der Waals surface area contributed by atoms with E-state index in [-0.39, 0.29) is 8.65 Å². The molecule has 168 valence electrons. The second-order valence-corrected chi connectivity index (χ2v) is 16.2. The van der Waals surface area contributed by atoms with Crippen LogP contribution in [0.5, 0.6) is 0 Å². The summed E-state index contributed by atoms with van der Waals surface area (Å²) in [4.78, 5) is 1.01. The molecular formula is C20H32Br8. The zero-order valence-electron chi connectivity index (χ0n) is 17.0. The standard InChI is InChI=1S/2C10H16Br4/c2*1-10(2,14)9(13)4-3-8(7-12)5-6-11/h2*5,9H,3-4,6-7H2,1-2H3/b2*8-5-. The summed E-state index contributed by atoms with van der Waals surface area (Å²) < 4.78 is 0.331. The molecule has 8 heteroatoms. The van der Waals surface area contributed by atoms with Gasteiger partial charge in [0.2, 0.25) is 0 Å². The van der Waals surface area contributed by atoms with E-state index in [2.05, 4.69) is 167 Å². The minimum absolute atomic E-state index is 0.166. The maximum atomic E-state index is 3.71. The quantitative estimate of drug-likeness (QED) is 0.135. The van der Waals surface area contributed by atoms with Crippen LogP contribution in [0.4, 0.5) is 0 Å². The fourth-order valence-corrected chi connectivity index (χ4v) is 4.83. The van der Waals surface area contributed by atoms with Crippen LogP contribution in [0.2, 0.25) is 0 Å². The Labute approximate surface area is 240 Å². The number of halogens is 8. The van der Waals surface area contributed by atoms with Gasteiger partial charge in [-0.25, -0.2) is 0 Å². The first-order chi connectivity index (χ1) is 12.8. The molecule has 0 aliphatic carbocycles. The topological polar surface area (TPSA) is 0 Å². The molecule has 0 spiro atoms. The van der Waals surface area contributed by atoms with E-state index in [1.165, 1.54) is 11.1 Å². The Kier molecular flexibility index (Phi) is 22.4. The van der Waals surface area contributed by atoms with Gasteiger partial charge in [-0.3, -0.25) is 0 Å². The molecule has 2 unspecified atom stereocenters. The van der Waals surface area contributed by atoms with Crippen LogP contribution in [0.3, 0.4) is 0 Å². The van der Waals surface area contributed by atoms with E-state index in [1.54, 1.807) is 0 Å². The highest BCUT2D eigenvalue weighted by Crippen LogP contribution is 2.32. The summed E-state index contributed by atoms with van der Waals surface area (Å²) in [6.45, 7) is 8.76. The van der Waals surface area contributed by atoms with E-state index in [4.69, 9.17) is 0 Å². The van der Waals surface area contributed by atoms with Crippen LogP contribution in [0, 0.1) is 0 Å². The third kappa shape index (κ3) is 18.8.